The van der Waals surface area contributed by atoms with E-state index in [9.17, 15) is 18.0 Å². The fourth-order valence-electron chi connectivity index (χ4n) is 2.41. The van der Waals surface area contributed by atoms with Crippen LogP contribution in [-0.4, -0.2) is 32.3 Å². The molecule has 2 rings (SSSR count). The van der Waals surface area contributed by atoms with Crippen LogP contribution in [0.15, 0.2) is 48.5 Å². The lowest BCUT2D eigenvalue weighted by Gasteiger charge is -2.11. The molecular formula is C19H20F3NO3. The molecule has 0 aromatic heterocycles. The minimum Gasteiger partial charge on any atom is -0.496 e. The van der Waals surface area contributed by atoms with Gasteiger partial charge in [0.25, 0.3) is 0 Å². The second-order valence-electron chi connectivity index (χ2n) is 5.56. The third-order valence-corrected chi connectivity index (χ3v) is 3.69. The van der Waals surface area contributed by atoms with Gasteiger partial charge in [0.15, 0.2) is 0 Å². The average Bonchev–Trinajstić information content (AvgIpc) is 2.63. The molecule has 0 saturated carbocycles. The molecule has 4 nitrogen and oxygen atoms in total. The largest absolute Gasteiger partial charge is 0.496 e. The zero-order valence-corrected chi connectivity index (χ0v) is 14.3. The summed E-state index contributed by atoms with van der Waals surface area (Å²) in [4.78, 5) is 10.7. The fraction of sp³-hybridized carbons (Fsp3) is 0.316. The van der Waals surface area contributed by atoms with Gasteiger partial charge in [-0.3, -0.25) is 4.79 Å². The van der Waals surface area contributed by atoms with Gasteiger partial charge < -0.3 is 14.8 Å². The standard InChI is InChI=1S/C19H20F3NO3/c1-25-17-8-3-2-6-15(17)10-9-14-5-4-7-16(13-14)26-12-11-23-18(24)19(20,21)22/h2-8,13H,9-12H2,1H3,(H,23,24). The van der Waals surface area contributed by atoms with Crippen LogP contribution in [-0.2, 0) is 17.6 Å². The van der Waals surface area contributed by atoms with Crippen molar-refractivity contribution in [2.45, 2.75) is 19.0 Å². The van der Waals surface area contributed by atoms with E-state index in [1.165, 1.54) is 0 Å². The maximum Gasteiger partial charge on any atom is 0.471 e. The number of amides is 1. The number of nitrogens with one attached hydrogen (secondary N) is 1. The van der Waals surface area contributed by atoms with E-state index in [-0.39, 0.29) is 13.2 Å². The van der Waals surface area contributed by atoms with Crippen molar-refractivity contribution in [1.29, 1.82) is 0 Å². The van der Waals surface area contributed by atoms with Gasteiger partial charge in [-0.2, -0.15) is 13.2 Å². The quantitative estimate of drug-likeness (QED) is 0.726. The van der Waals surface area contributed by atoms with E-state index in [1.807, 2.05) is 42.5 Å². The van der Waals surface area contributed by atoms with Crippen molar-refractivity contribution in [2.24, 2.45) is 0 Å². The number of hydrogen-bond donors (Lipinski definition) is 1. The molecule has 2 aromatic rings. The van der Waals surface area contributed by atoms with Gasteiger partial charge in [0.05, 0.1) is 13.7 Å². The number of ether oxygens (including phenoxy) is 2. The van der Waals surface area contributed by atoms with E-state index in [1.54, 1.807) is 18.5 Å². The summed E-state index contributed by atoms with van der Waals surface area (Å²) in [5.74, 6) is -0.587. The Labute approximate surface area is 149 Å². The van der Waals surface area contributed by atoms with Gasteiger partial charge in [-0.15, -0.1) is 0 Å². The second-order valence-corrected chi connectivity index (χ2v) is 5.56. The molecule has 0 saturated heterocycles. The monoisotopic (exact) mass is 367 g/mol. The summed E-state index contributed by atoms with van der Waals surface area (Å²) in [6.45, 7) is -0.262. The van der Waals surface area contributed by atoms with Gasteiger partial charge in [0, 0.05) is 0 Å². The number of benzene rings is 2. The van der Waals surface area contributed by atoms with E-state index in [0.717, 1.165) is 29.7 Å². The van der Waals surface area contributed by atoms with Gasteiger partial charge in [-0.25, -0.2) is 0 Å². The highest BCUT2D eigenvalue weighted by Gasteiger charge is 2.38. The average molecular weight is 367 g/mol. The van der Waals surface area contributed by atoms with Crippen LogP contribution in [0, 0.1) is 0 Å². The van der Waals surface area contributed by atoms with Gasteiger partial charge in [-0.05, 0) is 42.2 Å². The predicted molar refractivity (Wildman–Crippen MR) is 91.4 cm³/mol. The molecule has 0 aliphatic heterocycles. The Morgan fingerprint density at radius 2 is 1.85 bits per heavy atom. The number of halogens is 3. The first kappa shape index (κ1) is 19.6. The highest BCUT2D eigenvalue weighted by molar-refractivity contribution is 5.81. The molecule has 1 N–H and O–H groups in total. The number of methoxy groups -OCH3 is 1. The Bertz CT molecular complexity index is 732. The number of aryl methyl sites for hydroxylation is 2. The zero-order valence-electron chi connectivity index (χ0n) is 14.3. The van der Waals surface area contributed by atoms with Crippen molar-refractivity contribution in [3.63, 3.8) is 0 Å². The molecule has 1 amide bonds. The molecule has 0 aliphatic carbocycles. The van der Waals surface area contributed by atoms with Crippen LogP contribution < -0.4 is 14.8 Å². The SMILES string of the molecule is COc1ccccc1CCc1cccc(OCCNC(=O)C(F)(F)F)c1. The van der Waals surface area contributed by atoms with Crippen LogP contribution >= 0.6 is 0 Å². The normalized spacial score (nSPS) is 11.1. The Balaban J connectivity index is 1.83. The van der Waals surface area contributed by atoms with Crippen LogP contribution in [0.25, 0.3) is 0 Å². The Kier molecular flexibility index (Phi) is 6.89. The van der Waals surface area contributed by atoms with E-state index >= 15 is 0 Å². The fourth-order valence-corrected chi connectivity index (χ4v) is 2.41. The number of hydrogen-bond acceptors (Lipinski definition) is 3. The topological polar surface area (TPSA) is 47.6 Å². The highest BCUT2D eigenvalue weighted by Crippen LogP contribution is 2.21. The van der Waals surface area contributed by atoms with E-state index in [4.69, 9.17) is 9.47 Å². The lowest BCUT2D eigenvalue weighted by molar-refractivity contribution is -0.173. The summed E-state index contributed by atoms with van der Waals surface area (Å²) in [7, 11) is 1.63. The summed E-state index contributed by atoms with van der Waals surface area (Å²) in [5, 5.41) is 1.76. The minimum absolute atomic E-state index is 0.0439. The molecule has 0 aliphatic rings. The molecule has 0 bridgehead atoms. The Hall–Kier alpha value is -2.70. The molecule has 0 fully saturated rings. The molecule has 0 heterocycles. The molecule has 0 atom stereocenters. The van der Waals surface area contributed by atoms with E-state index in [0.29, 0.717) is 5.75 Å². The third-order valence-electron chi connectivity index (χ3n) is 3.69. The van der Waals surface area contributed by atoms with Crippen molar-refractivity contribution in [2.75, 3.05) is 20.3 Å². The number of carbonyl (C=O) groups excluding carboxylic acids is 1. The number of para-hydroxylation sites is 1. The van der Waals surface area contributed by atoms with Crippen molar-refractivity contribution in [3.05, 3.63) is 59.7 Å². The smallest absolute Gasteiger partial charge is 0.471 e. The second kappa shape index (κ2) is 9.12. The molecular weight excluding hydrogens is 347 g/mol. The summed E-state index contributed by atoms with van der Waals surface area (Å²) < 4.78 is 46.9. The van der Waals surface area contributed by atoms with Gasteiger partial charge in [0.2, 0.25) is 0 Å². The maximum absolute atomic E-state index is 12.1. The number of alkyl halides is 3. The predicted octanol–water partition coefficient (Wildman–Crippen LogP) is 3.54. The molecule has 0 radical (unpaired) electrons. The van der Waals surface area contributed by atoms with Crippen molar-refractivity contribution in [3.8, 4) is 11.5 Å². The zero-order chi connectivity index (χ0) is 19.0. The molecule has 0 spiro atoms. The summed E-state index contributed by atoms with van der Waals surface area (Å²) >= 11 is 0. The van der Waals surface area contributed by atoms with Crippen LogP contribution in [0.3, 0.4) is 0 Å². The van der Waals surface area contributed by atoms with Crippen molar-refractivity contribution < 1.29 is 27.4 Å². The molecule has 26 heavy (non-hydrogen) atoms. The van der Waals surface area contributed by atoms with Gasteiger partial charge in [0.1, 0.15) is 18.1 Å². The van der Waals surface area contributed by atoms with Crippen LogP contribution in [0.1, 0.15) is 11.1 Å². The molecule has 0 unspecified atom stereocenters. The van der Waals surface area contributed by atoms with Crippen LogP contribution in [0.5, 0.6) is 11.5 Å². The Morgan fingerprint density at radius 1 is 1.08 bits per heavy atom. The third kappa shape index (κ3) is 5.98. The highest BCUT2D eigenvalue weighted by atomic mass is 19.4. The van der Waals surface area contributed by atoms with E-state index < -0.39 is 12.1 Å². The maximum atomic E-state index is 12.1. The van der Waals surface area contributed by atoms with Crippen molar-refractivity contribution >= 4 is 5.91 Å². The lowest BCUT2D eigenvalue weighted by atomic mass is 10.0. The first-order valence-corrected chi connectivity index (χ1v) is 8.09. The molecule has 140 valence electrons. The first-order chi connectivity index (χ1) is 12.4. The van der Waals surface area contributed by atoms with Gasteiger partial charge >= 0.3 is 12.1 Å². The summed E-state index contributed by atoms with van der Waals surface area (Å²) in [6, 6.07) is 15.1. The lowest BCUT2D eigenvalue weighted by Crippen LogP contribution is -2.38. The number of rotatable bonds is 8. The van der Waals surface area contributed by atoms with Crippen LogP contribution in [0.4, 0.5) is 13.2 Å². The summed E-state index contributed by atoms with van der Waals surface area (Å²) in [5.41, 5.74) is 2.13. The van der Waals surface area contributed by atoms with Crippen molar-refractivity contribution in [1.82, 2.24) is 5.32 Å². The Morgan fingerprint density at radius 3 is 2.58 bits per heavy atom. The first-order valence-electron chi connectivity index (χ1n) is 8.09. The molecule has 7 heteroatoms. The molecule has 2 aromatic carbocycles. The minimum atomic E-state index is -4.88. The van der Waals surface area contributed by atoms with Crippen LogP contribution in [0.2, 0.25) is 0 Å². The number of carbonyl (C=O) groups is 1. The van der Waals surface area contributed by atoms with E-state index in [2.05, 4.69) is 0 Å². The summed E-state index contributed by atoms with van der Waals surface area (Å²) in [6.07, 6.45) is -3.32. The van der Waals surface area contributed by atoms with Gasteiger partial charge in [-0.1, -0.05) is 30.3 Å².